The van der Waals surface area contributed by atoms with Gasteiger partial charge in [-0.05, 0) is 85.5 Å². The molecule has 1 saturated carbocycles. The molecule has 4 atom stereocenters. The molecule has 2 aromatic carbocycles. The predicted molar refractivity (Wildman–Crippen MR) is 126 cm³/mol. The molecule has 168 valence electrons. The largest absolute Gasteiger partial charge is 0.487 e. The number of nitrogens with zero attached hydrogens (tertiary/aromatic N) is 3. The van der Waals surface area contributed by atoms with E-state index < -0.39 is 4.92 Å². The summed E-state index contributed by atoms with van der Waals surface area (Å²) >= 11 is 6.96. The van der Waals surface area contributed by atoms with Gasteiger partial charge in [0.1, 0.15) is 12.4 Å². The van der Waals surface area contributed by atoms with Gasteiger partial charge in [0, 0.05) is 12.1 Å². The van der Waals surface area contributed by atoms with Crippen molar-refractivity contribution >= 4 is 55.6 Å². The molecular formula is C23H17Br2N3O5. The molecule has 2 bridgehead atoms. The Balaban J connectivity index is 1.28. The zero-order valence-corrected chi connectivity index (χ0v) is 20.2. The topological polar surface area (TPSA) is 102 Å². The average molecular weight is 575 g/mol. The van der Waals surface area contributed by atoms with Gasteiger partial charge in [0.05, 0.1) is 31.9 Å². The number of amides is 2. The van der Waals surface area contributed by atoms with Gasteiger partial charge in [-0.25, -0.2) is 0 Å². The van der Waals surface area contributed by atoms with Crippen molar-refractivity contribution in [3.8, 4) is 5.75 Å². The number of benzene rings is 2. The Kier molecular flexibility index (Phi) is 5.65. The van der Waals surface area contributed by atoms with Crippen LogP contribution in [0.3, 0.4) is 0 Å². The molecule has 0 N–H and O–H groups in total. The summed E-state index contributed by atoms with van der Waals surface area (Å²) in [7, 11) is 0. The SMILES string of the molecule is O=C1[C@@H]2[C@H](C(=O)N1/N=C\c1cc(Br)c(OCc3ccc([N+](=O)[O-])cc3)c(Br)c1)[C@H]1C=C[C@H]2C1. The van der Waals surface area contributed by atoms with Crippen LogP contribution in [0.15, 0.2) is 62.6 Å². The average Bonchev–Trinajstić information content (AvgIpc) is 3.46. The summed E-state index contributed by atoms with van der Waals surface area (Å²) in [6.45, 7) is 0.221. The Labute approximate surface area is 205 Å². The lowest BCUT2D eigenvalue weighted by molar-refractivity contribution is -0.384. The van der Waals surface area contributed by atoms with Crippen molar-refractivity contribution < 1.29 is 19.2 Å². The standard InChI is InChI=1S/C23H17Br2N3O5/c24-17-7-13(8-18(25)21(17)33-11-12-1-5-16(6-2-12)28(31)32)10-26-27-22(29)19-14-3-4-15(9-14)20(19)23(27)30/h1-8,10,14-15,19-20H,9,11H2/b26-10-/t14-,15-,19-,20+/m0/s1. The maximum atomic E-state index is 12.8. The van der Waals surface area contributed by atoms with Crippen molar-refractivity contribution in [2.75, 3.05) is 0 Å². The van der Waals surface area contributed by atoms with Crippen molar-refractivity contribution in [1.82, 2.24) is 5.01 Å². The Morgan fingerprint density at radius 1 is 1.06 bits per heavy atom. The number of rotatable bonds is 6. The lowest BCUT2D eigenvalue weighted by Gasteiger charge is -2.13. The van der Waals surface area contributed by atoms with Crippen molar-refractivity contribution in [3.05, 3.63) is 78.7 Å². The molecule has 10 heteroatoms. The summed E-state index contributed by atoms with van der Waals surface area (Å²) in [5.41, 5.74) is 1.48. The van der Waals surface area contributed by atoms with Crippen LogP contribution in [-0.4, -0.2) is 28.0 Å². The van der Waals surface area contributed by atoms with E-state index in [2.05, 4.69) is 37.0 Å². The Bertz CT molecular complexity index is 1170. The maximum absolute atomic E-state index is 12.8. The zero-order valence-electron chi connectivity index (χ0n) is 17.1. The molecular weight excluding hydrogens is 558 g/mol. The van der Waals surface area contributed by atoms with Crippen LogP contribution in [0.25, 0.3) is 0 Å². The van der Waals surface area contributed by atoms with Gasteiger partial charge in [0.2, 0.25) is 0 Å². The molecule has 33 heavy (non-hydrogen) atoms. The number of allylic oxidation sites excluding steroid dienone is 2. The van der Waals surface area contributed by atoms with Crippen molar-refractivity contribution in [3.63, 3.8) is 0 Å². The highest BCUT2D eigenvalue weighted by Gasteiger charge is 2.59. The number of hydrazone groups is 1. The van der Waals surface area contributed by atoms with Gasteiger partial charge in [-0.15, -0.1) is 0 Å². The first-order valence-corrected chi connectivity index (χ1v) is 11.9. The third-order valence-corrected chi connectivity index (χ3v) is 7.50. The fourth-order valence-corrected chi connectivity index (χ4v) is 6.24. The highest BCUT2D eigenvalue weighted by molar-refractivity contribution is 9.11. The minimum absolute atomic E-state index is 0.0206. The number of imide groups is 1. The quantitative estimate of drug-likeness (QED) is 0.161. The molecule has 1 saturated heterocycles. The van der Waals surface area contributed by atoms with E-state index in [4.69, 9.17) is 4.74 Å². The number of ether oxygens (including phenoxy) is 1. The molecule has 1 aliphatic heterocycles. The van der Waals surface area contributed by atoms with Crippen LogP contribution in [-0.2, 0) is 16.2 Å². The van der Waals surface area contributed by atoms with Crippen LogP contribution in [0.5, 0.6) is 5.75 Å². The molecule has 2 fully saturated rings. The summed E-state index contributed by atoms with van der Waals surface area (Å²) in [5, 5.41) is 16.0. The van der Waals surface area contributed by atoms with E-state index in [9.17, 15) is 19.7 Å². The monoisotopic (exact) mass is 573 g/mol. The lowest BCUT2D eigenvalue weighted by Crippen LogP contribution is -2.28. The van der Waals surface area contributed by atoms with Gasteiger partial charge in [0.25, 0.3) is 17.5 Å². The van der Waals surface area contributed by atoms with Crippen LogP contribution in [0.2, 0.25) is 0 Å². The van der Waals surface area contributed by atoms with E-state index in [-0.39, 0.29) is 47.8 Å². The smallest absolute Gasteiger partial charge is 0.269 e. The lowest BCUT2D eigenvalue weighted by atomic mass is 9.85. The van der Waals surface area contributed by atoms with Crippen LogP contribution in [0, 0.1) is 33.8 Å². The summed E-state index contributed by atoms with van der Waals surface area (Å²) in [6.07, 6.45) is 6.47. The maximum Gasteiger partial charge on any atom is 0.269 e. The first-order valence-electron chi connectivity index (χ1n) is 10.3. The van der Waals surface area contributed by atoms with Crippen LogP contribution < -0.4 is 4.74 Å². The van der Waals surface area contributed by atoms with Gasteiger partial charge >= 0.3 is 0 Å². The van der Waals surface area contributed by atoms with Crippen molar-refractivity contribution in [1.29, 1.82) is 0 Å². The fraction of sp³-hybridized carbons (Fsp3) is 0.261. The van der Waals surface area contributed by atoms with E-state index in [1.54, 1.807) is 24.3 Å². The minimum atomic E-state index is -0.450. The van der Waals surface area contributed by atoms with Gasteiger partial charge in [0.15, 0.2) is 0 Å². The number of non-ortho nitro benzene ring substituents is 1. The number of nitro benzene ring substituents is 1. The summed E-state index contributed by atoms with van der Waals surface area (Å²) < 4.78 is 7.17. The molecule has 2 aromatic rings. The summed E-state index contributed by atoms with van der Waals surface area (Å²) in [5.74, 6) is -0.162. The summed E-state index contributed by atoms with van der Waals surface area (Å²) in [4.78, 5) is 35.8. The van der Waals surface area contributed by atoms with Gasteiger partial charge in [-0.3, -0.25) is 19.7 Å². The second kappa shape index (κ2) is 8.49. The molecule has 5 rings (SSSR count). The van der Waals surface area contributed by atoms with Gasteiger partial charge in [-0.2, -0.15) is 10.1 Å². The van der Waals surface area contributed by atoms with Crippen LogP contribution in [0.1, 0.15) is 17.5 Å². The Hall–Kier alpha value is -2.85. The molecule has 2 aliphatic carbocycles. The Morgan fingerprint density at radius 2 is 1.64 bits per heavy atom. The molecule has 1 heterocycles. The number of halogens is 2. The van der Waals surface area contributed by atoms with E-state index in [1.807, 2.05) is 12.2 Å². The summed E-state index contributed by atoms with van der Waals surface area (Å²) in [6, 6.07) is 9.69. The van der Waals surface area contributed by atoms with Crippen molar-refractivity contribution in [2.45, 2.75) is 13.0 Å². The number of hydrogen-bond donors (Lipinski definition) is 0. The highest BCUT2D eigenvalue weighted by Crippen LogP contribution is 2.52. The number of fused-ring (bicyclic) bond motifs is 5. The van der Waals surface area contributed by atoms with E-state index >= 15 is 0 Å². The van der Waals surface area contributed by atoms with Gasteiger partial charge in [-0.1, -0.05) is 12.2 Å². The number of carbonyl (C=O) groups excluding carboxylic acids is 2. The zero-order chi connectivity index (χ0) is 23.3. The molecule has 0 aromatic heterocycles. The van der Waals surface area contributed by atoms with Gasteiger partial charge < -0.3 is 4.74 Å². The van der Waals surface area contributed by atoms with Crippen LogP contribution >= 0.6 is 31.9 Å². The Morgan fingerprint density at radius 3 is 2.18 bits per heavy atom. The number of carbonyl (C=O) groups is 2. The molecule has 2 amide bonds. The fourth-order valence-electron chi connectivity index (χ4n) is 4.79. The van der Waals surface area contributed by atoms with Crippen LogP contribution in [0.4, 0.5) is 5.69 Å². The number of hydrogen-bond acceptors (Lipinski definition) is 6. The third-order valence-electron chi connectivity index (χ3n) is 6.32. The van der Waals surface area contributed by atoms with E-state index in [1.165, 1.54) is 18.3 Å². The van der Waals surface area contributed by atoms with Crippen molar-refractivity contribution in [2.24, 2.45) is 28.8 Å². The third kappa shape index (κ3) is 3.91. The predicted octanol–water partition coefficient (Wildman–Crippen LogP) is 4.84. The molecule has 0 unspecified atom stereocenters. The molecule has 0 radical (unpaired) electrons. The first kappa shape index (κ1) is 22.0. The molecule has 3 aliphatic rings. The molecule has 8 nitrogen and oxygen atoms in total. The second-order valence-corrected chi connectivity index (χ2v) is 9.97. The minimum Gasteiger partial charge on any atom is -0.487 e. The first-order chi connectivity index (χ1) is 15.8. The number of nitro groups is 1. The second-order valence-electron chi connectivity index (χ2n) is 8.26. The van der Waals surface area contributed by atoms with E-state index in [0.717, 1.165) is 17.0 Å². The van der Waals surface area contributed by atoms with E-state index in [0.29, 0.717) is 20.3 Å². The normalized spacial score (nSPS) is 25.3. The highest BCUT2D eigenvalue weighted by atomic mass is 79.9. The molecule has 0 spiro atoms.